The summed E-state index contributed by atoms with van der Waals surface area (Å²) in [4.78, 5) is 35.8. The molecule has 0 saturated carbocycles. The summed E-state index contributed by atoms with van der Waals surface area (Å²) in [5, 5.41) is 11.5. The van der Waals surface area contributed by atoms with Gasteiger partial charge in [0.05, 0.1) is 25.9 Å². The van der Waals surface area contributed by atoms with Gasteiger partial charge in [-0.15, -0.1) is 0 Å². The Morgan fingerprint density at radius 3 is 2.62 bits per heavy atom. The van der Waals surface area contributed by atoms with Crippen LogP contribution in [0.25, 0.3) is 0 Å². The van der Waals surface area contributed by atoms with E-state index in [2.05, 4.69) is 10.1 Å². The Morgan fingerprint density at radius 2 is 2.10 bits per heavy atom. The number of ether oxygens (including phenoxy) is 2. The molecule has 0 spiro atoms. The van der Waals surface area contributed by atoms with Crippen molar-refractivity contribution in [1.29, 1.82) is 0 Å². The smallest absolute Gasteiger partial charge is 0.326 e. The van der Waals surface area contributed by atoms with Crippen LogP contribution in [0.15, 0.2) is 0 Å². The molecule has 0 aromatic heterocycles. The number of carbonyl (C=O) groups excluding carboxylic acids is 2. The third-order valence-electron chi connectivity index (χ3n) is 3.17. The normalized spacial score (nSPS) is 18.7. The number of urea groups is 1. The second-order valence-electron chi connectivity index (χ2n) is 5.48. The molecule has 1 fully saturated rings. The summed E-state index contributed by atoms with van der Waals surface area (Å²) in [5.41, 5.74) is -0.458. The lowest BCUT2D eigenvalue weighted by atomic mass is 10.1. The molecule has 0 bridgehead atoms. The Balaban J connectivity index is 2.56. The molecule has 120 valence electrons. The van der Waals surface area contributed by atoms with Crippen molar-refractivity contribution in [3.8, 4) is 0 Å². The van der Waals surface area contributed by atoms with Crippen LogP contribution >= 0.6 is 0 Å². The second-order valence-corrected chi connectivity index (χ2v) is 5.48. The number of hydrogen-bond donors (Lipinski definition) is 2. The van der Waals surface area contributed by atoms with Crippen LogP contribution in [0.5, 0.6) is 0 Å². The molecule has 21 heavy (non-hydrogen) atoms. The van der Waals surface area contributed by atoms with Crippen LogP contribution in [0.2, 0.25) is 0 Å². The quantitative estimate of drug-likeness (QED) is 0.704. The fraction of sp³-hybridized carbons (Fsp3) is 0.769. The van der Waals surface area contributed by atoms with E-state index in [4.69, 9.17) is 9.84 Å². The number of carboxylic acid groups (broad SMARTS) is 1. The van der Waals surface area contributed by atoms with Crippen LogP contribution in [0.4, 0.5) is 4.79 Å². The maximum absolute atomic E-state index is 12.1. The standard InChI is InChI=1S/C13H22N2O6/c1-13(2)8-15(6-7-21-13)12(19)14-9(11(17)18)4-5-10(16)20-3/h9H,4-8H2,1-3H3,(H,14,19)(H,17,18)/t9-/m1/s1. The minimum absolute atomic E-state index is 0.0124. The van der Waals surface area contributed by atoms with E-state index in [0.29, 0.717) is 19.7 Å². The molecule has 8 heteroatoms. The summed E-state index contributed by atoms with van der Waals surface area (Å²) in [6, 6.07) is -1.59. The van der Waals surface area contributed by atoms with Crippen molar-refractivity contribution in [3.05, 3.63) is 0 Å². The highest BCUT2D eigenvalue weighted by Gasteiger charge is 2.31. The number of carboxylic acids is 1. The van der Waals surface area contributed by atoms with Gasteiger partial charge in [-0.3, -0.25) is 4.79 Å². The number of methoxy groups -OCH3 is 1. The number of aliphatic carboxylic acids is 1. The van der Waals surface area contributed by atoms with Crippen molar-refractivity contribution in [2.45, 2.75) is 38.3 Å². The first kappa shape index (κ1) is 17.2. The van der Waals surface area contributed by atoms with Gasteiger partial charge in [-0.2, -0.15) is 0 Å². The molecule has 1 atom stereocenters. The summed E-state index contributed by atoms with van der Waals surface area (Å²) in [6.45, 7) is 4.90. The van der Waals surface area contributed by atoms with Crippen molar-refractivity contribution in [1.82, 2.24) is 10.2 Å². The highest BCUT2D eigenvalue weighted by molar-refractivity contribution is 5.83. The Labute approximate surface area is 123 Å². The lowest BCUT2D eigenvalue weighted by Gasteiger charge is -2.38. The van der Waals surface area contributed by atoms with Crippen LogP contribution in [0, 0.1) is 0 Å². The summed E-state index contributed by atoms with van der Waals surface area (Å²) >= 11 is 0. The van der Waals surface area contributed by atoms with Crippen LogP contribution in [0.1, 0.15) is 26.7 Å². The van der Waals surface area contributed by atoms with E-state index in [1.165, 1.54) is 12.0 Å². The molecule has 2 N–H and O–H groups in total. The molecule has 2 amide bonds. The molecule has 8 nitrogen and oxygen atoms in total. The molecule has 0 aliphatic carbocycles. The molecule has 0 aromatic rings. The molecule has 1 rings (SSSR count). The van der Waals surface area contributed by atoms with E-state index in [1.807, 2.05) is 13.8 Å². The molecule has 0 radical (unpaired) electrons. The first-order valence-corrected chi connectivity index (χ1v) is 6.74. The maximum atomic E-state index is 12.1. The third kappa shape index (κ3) is 5.58. The fourth-order valence-corrected chi connectivity index (χ4v) is 2.05. The number of esters is 1. The lowest BCUT2D eigenvalue weighted by Crippen LogP contribution is -2.56. The van der Waals surface area contributed by atoms with Crippen molar-refractivity contribution in [2.75, 3.05) is 26.8 Å². The van der Waals surface area contributed by atoms with Crippen molar-refractivity contribution in [3.63, 3.8) is 0 Å². The Morgan fingerprint density at radius 1 is 1.43 bits per heavy atom. The minimum atomic E-state index is -1.18. The Hall–Kier alpha value is -1.83. The molecule has 1 aliphatic rings. The first-order chi connectivity index (χ1) is 9.75. The van der Waals surface area contributed by atoms with Gasteiger partial charge in [0, 0.05) is 13.0 Å². The van der Waals surface area contributed by atoms with Crippen LogP contribution in [-0.2, 0) is 19.1 Å². The summed E-state index contributed by atoms with van der Waals surface area (Å²) < 4.78 is 9.95. The van der Waals surface area contributed by atoms with Gasteiger partial charge in [-0.05, 0) is 20.3 Å². The number of nitrogens with one attached hydrogen (secondary N) is 1. The largest absolute Gasteiger partial charge is 0.480 e. The van der Waals surface area contributed by atoms with Gasteiger partial charge in [0.15, 0.2) is 0 Å². The SMILES string of the molecule is COC(=O)CC[C@@H](NC(=O)N1CCOC(C)(C)C1)C(=O)O. The van der Waals surface area contributed by atoms with E-state index >= 15 is 0 Å². The third-order valence-corrected chi connectivity index (χ3v) is 3.17. The number of amides is 2. The van der Waals surface area contributed by atoms with Gasteiger partial charge in [-0.25, -0.2) is 9.59 Å². The van der Waals surface area contributed by atoms with E-state index in [9.17, 15) is 14.4 Å². The minimum Gasteiger partial charge on any atom is -0.480 e. The van der Waals surface area contributed by atoms with Crippen molar-refractivity contribution in [2.24, 2.45) is 0 Å². The number of nitrogens with zero attached hydrogens (tertiary/aromatic N) is 1. The molecular weight excluding hydrogens is 280 g/mol. The van der Waals surface area contributed by atoms with Crippen LogP contribution in [0.3, 0.4) is 0 Å². The molecular formula is C13H22N2O6. The van der Waals surface area contributed by atoms with Gasteiger partial charge in [-0.1, -0.05) is 0 Å². The number of carbonyl (C=O) groups is 3. The molecule has 1 saturated heterocycles. The lowest BCUT2D eigenvalue weighted by molar-refractivity contribution is -0.142. The zero-order chi connectivity index (χ0) is 16.0. The Bertz CT molecular complexity index is 409. The first-order valence-electron chi connectivity index (χ1n) is 6.74. The Kier molecular flexibility index (Phi) is 5.95. The second kappa shape index (κ2) is 7.26. The average molecular weight is 302 g/mol. The summed E-state index contributed by atoms with van der Waals surface area (Å²) in [5.74, 6) is -1.69. The average Bonchev–Trinajstić information content (AvgIpc) is 2.41. The van der Waals surface area contributed by atoms with Crippen LogP contribution in [-0.4, -0.2) is 66.4 Å². The number of rotatable bonds is 5. The highest BCUT2D eigenvalue weighted by atomic mass is 16.5. The molecule has 1 aliphatic heterocycles. The van der Waals surface area contributed by atoms with E-state index in [0.717, 1.165) is 0 Å². The fourth-order valence-electron chi connectivity index (χ4n) is 2.05. The highest BCUT2D eigenvalue weighted by Crippen LogP contribution is 2.16. The van der Waals surface area contributed by atoms with Gasteiger partial charge < -0.3 is 24.8 Å². The topological polar surface area (TPSA) is 105 Å². The molecule has 0 unspecified atom stereocenters. The monoisotopic (exact) mass is 302 g/mol. The van der Waals surface area contributed by atoms with E-state index in [-0.39, 0.29) is 12.8 Å². The zero-order valence-corrected chi connectivity index (χ0v) is 12.5. The van der Waals surface area contributed by atoms with Gasteiger partial charge in [0.1, 0.15) is 6.04 Å². The van der Waals surface area contributed by atoms with Crippen molar-refractivity contribution >= 4 is 18.0 Å². The van der Waals surface area contributed by atoms with E-state index < -0.39 is 29.6 Å². The summed E-state index contributed by atoms with van der Waals surface area (Å²) in [7, 11) is 1.23. The summed E-state index contributed by atoms with van der Waals surface area (Å²) in [6.07, 6.45) is -0.0795. The molecule has 0 aromatic carbocycles. The maximum Gasteiger partial charge on any atom is 0.326 e. The zero-order valence-electron chi connectivity index (χ0n) is 12.5. The van der Waals surface area contributed by atoms with Crippen LogP contribution < -0.4 is 5.32 Å². The van der Waals surface area contributed by atoms with Gasteiger partial charge in [0.2, 0.25) is 0 Å². The predicted octanol–water partition coefficient (Wildman–Crippen LogP) is 0.213. The van der Waals surface area contributed by atoms with E-state index in [1.54, 1.807) is 0 Å². The van der Waals surface area contributed by atoms with Crippen molar-refractivity contribution < 1.29 is 29.0 Å². The predicted molar refractivity (Wildman–Crippen MR) is 72.8 cm³/mol. The number of morpholine rings is 1. The van der Waals surface area contributed by atoms with Gasteiger partial charge >= 0.3 is 18.0 Å². The molecule has 1 heterocycles. The van der Waals surface area contributed by atoms with Gasteiger partial charge in [0.25, 0.3) is 0 Å². The number of hydrogen-bond acceptors (Lipinski definition) is 5.